The molecule has 0 unspecified atom stereocenters. The Morgan fingerprint density at radius 1 is 1.27 bits per heavy atom. The molecule has 1 N–H and O–H groups in total. The standard InChI is InChI=1S/C17H19ClN4O4/c1-21-10-14(18)16(20-21)17(24)19-12-2-4-13(5-3-12)26-11-15(23)22-6-8-25-9-7-22/h2-5,10H,6-9,11H2,1H3,(H,19,24). The topological polar surface area (TPSA) is 85.7 Å². The number of nitrogens with one attached hydrogen (secondary N) is 1. The Kier molecular flexibility index (Phi) is 5.75. The van der Waals surface area contributed by atoms with Crippen molar-refractivity contribution < 1.29 is 19.1 Å². The number of aryl methyl sites for hydroxylation is 1. The summed E-state index contributed by atoms with van der Waals surface area (Å²) in [6, 6.07) is 6.73. The second kappa shape index (κ2) is 8.20. The van der Waals surface area contributed by atoms with Gasteiger partial charge in [0.2, 0.25) is 0 Å². The molecular weight excluding hydrogens is 360 g/mol. The molecule has 1 fully saturated rings. The number of amides is 2. The van der Waals surface area contributed by atoms with Crippen LogP contribution in [0.3, 0.4) is 0 Å². The van der Waals surface area contributed by atoms with Crippen molar-refractivity contribution in [3.63, 3.8) is 0 Å². The highest BCUT2D eigenvalue weighted by Gasteiger charge is 2.17. The molecule has 0 atom stereocenters. The largest absolute Gasteiger partial charge is 0.484 e. The molecule has 1 saturated heterocycles. The maximum absolute atomic E-state index is 12.2. The molecule has 0 saturated carbocycles. The van der Waals surface area contributed by atoms with Gasteiger partial charge in [-0.25, -0.2) is 0 Å². The average molecular weight is 379 g/mol. The van der Waals surface area contributed by atoms with Gasteiger partial charge in [-0.3, -0.25) is 14.3 Å². The number of carbonyl (C=O) groups is 2. The number of carbonyl (C=O) groups excluding carboxylic acids is 2. The molecule has 0 bridgehead atoms. The van der Waals surface area contributed by atoms with E-state index in [0.717, 1.165) is 0 Å². The third kappa shape index (κ3) is 4.53. The van der Waals surface area contributed by atoms with Crippen molar-refractivity contribution >= 4 is 29.1 Å². The summed E-state index contributed by atoms with van der Waals surface area (Å²) in [5.74, 6) is 0.0720. The predicted molar refractivity (Wildman–Crippen MR) is 95.5 cm³/mol. The summed E-state index contributed by atoms with van der Waals surface area (Å²) in [7, 11) is 1.69. The van der Waals surface area contributed by atoms with E-state index in [1.165, 1.54) is 4.68 Å². The van der Waals surface area contributed by atoms with Crippen LogP contribution in [-0.4, -0.2) is 59.4 Å². The molecule has 2 amide bonds. The van der Waals surface area contributed by atoms with Crippen LogP contribution in [-0.2, 0) is 16.6 Å². The minimum Gasteiger partial charge on any atom is -0.484 e. The Morgan fingerprint density at radius 2 is 1.96 bits per heavy atom. The number of hydrogen-bond acceptors (Lipinski definition) is 5. The van der Waals surface area contributed by atoms with Crippen molar-refractivity contribution in [3.8, 4) is 5.75 Å². The van der Waals surface area contributed by atoms with Gasteiger partial charge in [0.25, 0.3) is 11.8 Å². The second-order valence-electron chi connectivity index (χ2n) is 5.76. The first-order valence-electron chi connectivity index (χ1n) is 8.12. The number of benzene rings is 1. The molecule has 1 aliphatic heterocycles. The Hall–Kier alpha value is -2.58. The van der Waals surface area contributed by atoms with Crippen LogP contribution in [0.1, 0.15) is 10.5 Å². The number of anilines is 1. The van der Waals surface area contributed by atoms with Crippen molar-refractivity contribution in [1.29, 1.82) is 0 Å². The molecule has 0 aliphatic carbocycles. The van der Waals surface area contributed by atoms with Gasteiger partial charge in [0.05, 0.1) is 18.2 Å². The molecule has 138 valence electrons. The van der Waals surface area contributed by atoms with Crippen molar-refractivity contribution in [2.75, 3.05) is 38.2 Å². The lowest BCUT2D eigenvalue weighted by molar-refractivity contribution is -0.137. The quantitative estimate of drug-likeness (QED) is 0.853. The highest BCUT2D eigenvalue weighted by molar-refractivity contribution is 6.34. The van der Waals surface area contributed by atoms with Crippen LogP contribution in [0.2, 0.25) is 5.02 Å². The van der Waals surface area contributed by atoms with Crippen molar-refractivity contribution in [2.24, 2.45) is 7.05 Å². The van der Waals surface area contributed by atoms with Gasteiger partial charge in [0.15, 0.2) is 12.3 Å². The first-order chi connectivity index (χ1) is 12.5. The van der Waals surface area contributed by atoms with Crippen LogP contribution in [0.15, 0.2) is 30.5 Å². The SMILES string of the molecule is Cn1cc(Cl)c(C(=O)Nc2ccc(OCC(=O)N3CCOCC3)cc2)n1. The van der Waals surface area contributed by atoms with E-state index < -0.39 is 5.91 Å². The van der Waals surface area contributed by atoms with Crippen LogP contribution in [0, 0.1) is 0 Å². The Balaban J connectivity index is 1.52. The van der Waals surface area contributed by atoms with Gasteiger partial charge in [-0.15, -0.1) is 0 Å². The smallest absolute Gasteiger partial charge is 0.277 e. The summed E-state index contributed by atoms with van der Waals surface area (Å²) in [6.07, 6.45) is 1.55. The number of ether oxygens (including phenoxy) is 2. The third-order valence-corrected chi connectivity index (χ3v) is 4.11. The summed E-state index contributed by atoms with van der Waals surface area (Å²) in [5, 5.41) is 7.01. The Bertz CT molecular complexity index is 785. The molecule has 9 heteroatoms. The zero-order valence-electron chi connectivity index (χ0n) is 14.3. The lowest BCUT2D eigenvalue weighted by Gasteiger charge is -2.26. The molecule has 26 heavy (non-hydrogen) atoms. The summed E-state index contributed by atoms with van der Waals surface area (Å²) < 4.78 is 12.2. The molecule has 2 aromatic rings. The van der Waals surface area contributed by atoms with E-state index in [9.17, 15) is 9.59 Å². The summed E-state index contributed by atoms with van der Waals surface area (Å²) >= 11 is 5.96. The summed E-state index contributed by atoms with van der Waals surface area (Å²) in [6.45, 7) is 2.25. The van der Waals surface area contributed by atoms with Crippen LogP contribution < -0.4 is 10.1 Å². The first-order valence-corrected chi connectivity index (χ1v) is 8.49. The summed E-state index contributed by atoms with van der Waals surface area (Å²) in [4.78, 5) is 25.9. The first kappa shape index (κ1) is 18.2. The zero-order chi connectivity index (χ0) is 18.5. The van der Waals surface area contributed by atoms with Crippen LogP contribution in [0.25, 0.3) is 0 Å². The molecule has 8 nitrogen and oxygen atoms in total. The lowest BCUT2D eigenvalue weighted by Crippen LogP contribution is -2.42. The predicted octanol–water partition coefficient (Wildman–Crippen LogP) is 1.56. The minimum absolute atomic E-state index is 0.0325. The number of halogens is 1. The molecule has 1 aromatic carbocycles. The monoisotopic (exact) mass is 378 g/mol. The van der Waals surface area contributed by atoms with Crippen LogP contribution in [0.4, 0.5) is 5.69 Å². The number of morpholine rings is 1. The molecule has 0 spiro atoms. The zero-order valence-corrected chi connectivity index (χ0v) is 15.0. The maximum Gasteiger partial charge on any atom is 0.277 e. The number of rotatable bonds is 5. The molecule has 1 aliphatic rings. The van der Waals surface area contributed by atoms with Gasteiger partial charge < -0.3 is 19.7 Å². The van der Waals surface area contributed by atoms with Crippen molar-refractivity contribution in [1.82, 2.24) is 14.7 Å². The van der Waals surface area contributed by atoms with Gasteiger partial charge in [-0.1, -0.05) is 11.6 Å². The van der Waals surface area contributed by atoms with E-state index in [4.69, 9.17) is 21.1 Å². The van der Waals surface area contributed by atoms with E-state index in [-0.39, 0.29) is 23.2 Å². The molecule has 0 radical (unpaired) electrons. The van der Waals surface area contributed by atoms with Gasteiger partial charge in [-0.05, 0) is 24.3 Å². The number of hydrogen-bond donors (Lipinski definition) is 1. The van der Waals surface area contributed by atoms with E-state index in [0.29, 0.717) is 37.7 Å². The molecule has 3 rings (SSSR count). The molecule has 1 aromatic heterocycles. The van der Waals surface area contributed by atoms with Crippen molar-refractivity contribution in [2.45, 2.75) is 0 Å². The average Bonchev–Trinajstić information content (AvgIpc) is 3.00. The fourth-order valence-electron chi connectivity index (χ4n) is 2.49. The number of nitrogens with zero attached hydrogens (tertiary/aromatic N) is 3. The Morgan fingerprint density at radius 3 is 2.58 bits per heavy atom. The third-order valence-electron chi connectivity index (χ3n) is 3.84. The highest BCUT2D eigenvalue weighted by atomic mass is 35.5. The van der Waals surface area contributed by atoms with Gasteiger partial charge in [0, 0.05) is 32.0 Å². The highest BCUT2D eigenvalue weighted by Crippen LogP contribution is 2.19. The van der Waals surface area contributed by atoms with Crippen LogP contribution >= 0.6 is 11.6 Å². The second-order valence-corrected chi connectivity index (χ2v) is 6.17. The van der Waals surface area contributed by atoms with E-state index in [1.54, 1.807) is 42.4 Å². The fourth-order valence-corrected chi connectivity index (χ4v) is 2.75. The van der Waals surface area contributed by atoms with Crippen molar-refractivity contribution in [3.05, 3.63) is 41.2 Å². The fraction of sp³-hybridized carbons (Fsp3) is 0.353. The summed E-state index contributed by atoms with van der Waals surface area (Å²) in [5.41, 5.74) is 0.731. The molecular formula is C17H19ClN4O4. The van der Waals surface area contributed by atoms with Gasteiger partial charge in [-0.2, -0.15) is 5.10 Å². The van der Waals surface area contributed by atoms with Gasteiger partial charge in [0.1, 0.15) is 5.75 Å². The van der Waals surface area contributed by atoms with E-state index in [1.807, 2.05) is 0 Å². The minimum atomic E-state index is -0.397. The van der Waals surface area contributed by atoms with E-state index >= 15 is 0 Å². The van der Waals surface area contributed by atoms with E-state index in [2.05, 4.69) is 10.4 Å². The molecule has 2 heterocycles. The number of aromatic nitrogens is 2. The van der Waals surface area contributed by atoms with Gasteiger partial charge >= 0.3 is 0 Å². The van der Waals surface area contributed by atoms with Crippen LogP contribution in [0.5, 0.6) is 5.75 Å². The normalized spacial score (nSPS) is 14.2. The lowest BCUT2D eigenvalue weighted by atomic mass is 10.3. The maximum atomic E-state index is 12.2. The Labute approximate surface area is 155 Å².